The van der Waals surface area contributed by atoms with Gasteiger partial charge >= 0.3 is 0 Å². The number of anilines is 1. The third-order valence-electron chi connectivity index (χ3n) is 5.44. The Balaban J connectivity index is 1.74. The SMILES string of the molecule is Cc1ccc(N=CC(Nc2ccc(C)cc2)/C(=C/C#Cc2ccccc2)c2ccccc2)cc1. The van der Waals surface area contributed by atoms with Gasteiger partial charge in [0.05, 0.1) is 11.7 Å². The predicted octanol–water partition coefficient (Wildman–Crippen LogP) is 7.62. The monoisotopic (exact) mass is 440 g/mol. The van der Waals surface area contributed by atoms with E-state index in [9.17, 15) is 0 Å². The molecule has 0 saturated carbocycles. The molecule has 0 heterocycles. The van der Waals surface area contributed by atoms with Gasteiger partial charge in [-0.2, -0.15) is 0 Å². The highest BCUT2D eigenvalue weighted by Crippen LogP contribution is 2.23. The predicted molar refractivity (Wildman–Crippen MR) is 146 cm³/mol. The molecule has 1 atom stereocenters. The number of allylic oxidation sites excluding steroid dienone is 1. The highest BCUT2D eigenvalue weighted by molar-refractivity contribution is 5.92. The molecule has 0 aromatic heterocycles. The zero-order valence-corrected chi connectivity index (χ0v) is 19.6. The van der Waals surface area contributed by atoms with Crippen LogP contribution in [-0.4, -0.2) is 12.3 Å². The topological polar surface area (TPSA) is 24.4 Å². The molecule has 0 fully saturated rings. The molecule has 0 aliphatic carbocycles. The molecule has 0 bridgehead atoms. The Morgan fingerprint density at radius 1 is 0.735 bits per heavy atom. The third-order valence-corrected chi connectivity index (χ3v) is 5.44. The van der Waals surface area contributed by atoms with Gasteiger partial charge in [-0.05, 0) is 67.5 Å². The van der Waals surface area contributed by atoms with E-state index in [1.54, 1.807) is 0 Å². The average molecular weight is 441 g/mol. The lowest BCUT2D eigenvalue weighted by molar-refractivity contribution is 1.20. The first kappa shape index (κ1) is 22.8. The number of benzene rings is 4. The molecule has 4 aromatic carbocycles. The fourth-order valence-electron chi connectivity index (χ4n) is 3.52. The Bertz CT molecular complexity index is 1310. The molecule has 0 spiro atoms. The minimum atomic E-state index is -0.170. The summed E-state index contributed by atoms with van der Waals surface area (Å²) in [4.78, 5) is 4.80. The average Bonchev–Trinajstić information content (AvgIpc) is 2.88. The van der Waals surface area contributed by atoms with Crippen LogP contribution in [0.25, 0.3) is 5.57 Å². The van der Waals surface area contributed by atoms with Crippen molar-refractivity contribution in [2.75, 3.05) is 5.32 Å². The van der Waals surface area contributed by atoms with Crippen LogP contribution in [0.1, 0.15) is 22.3 Å². The smallest absolute Gasteiger partial charge is 0.0882 e. The molecule has 34 heavy (non-hydrogen) atoms. The lowest BCUT2D eigenvalue weighted by atomic mass is 9.98. The van der Waals surface area contributed by atoms with Crippen LogP contribution in [0.15, 0.2) is 120 Å². The number of rotatable bonds is 6. The van der Waals surface area contributed by atoms with Gasteiger partial charge in [-0.3, -0.25) is 4.99 Å². The van der Waals surface area contributed by atoms with E-state index in [-0.39, 0.29) is 6.04 Å². The molecule has 1 N–H and O–H groups in total. The lowest BCUT2D eigenvalue weighted by Gasteiger charge is -2.20. The van der Waals surface area contributed by atoms with Crippen molar-refractivity contribution in [1.82, 2.24) is 0 Å². The van der Waals surface area contributed by atoms with E-state index >= 15 is 0 Å². The number of nitrogens with zero attached hydrogens (tertiary/aromatic N) is 1. The van der Waals surface area contributed by atoms with Gasteiger partial charge in [0.2, 0.25) is 0 Å². The van der Waals surface area contributed by atoms with Crippen molar-refractivity contribution in [2.45, 2.75) is 19.9 Å². The van der Waals surface area contributed by atoms with Crippen LogP contribution < -0.4 is 5.32 Å². The van der Waals surface area contributed by atoms with Crippen LogP contribution in [0, 0.1) is 25.7 Å². The number of nitrogens with one attached hydrogen (secondary N) is 1. The zero-order valence-electron chi connectivity index (χ0n) is 19.6. The molecule has 1 unspecified atom stereocenters. The van der Waals surface area contributed by atoms with Gasteiger partial charge in [-0.25, -0.2) is 0 Å². The second kappa shape index (κ2) is 11.5. The van der Waals surface area contributed by atoms with Gasteiger partial charge < -0.3 is 5.32 Å². The molecule has 2 heteroatoms. The summed E-state index contributed by atoms with van der Waals surface area (Å²) >= 11 is 0. The van der Waals surface area contributed by atoms with E-state index in [0.29, 0.717) is 0 Å². The highest BCUT2D eigenvalue weighted by atomic mass is 14.9. The van der Waals surface area contributed by atoms with Crippen LogP contribution in [0.2, 0.25) is 0 Å². The molecule has 4 aromatic rings. The van der Waals surface area contributed by atoms with Crippen LogP contribution in [0.4, 0.5) is 11.4 Å². The van der Waals surface area contributed by atoms with Crippen molar-refractivity contribution in [3.05, 3.63) is 138 Å². The first-order chi connectivity index (χ1) is 16.7. The molecule has 0 amide bonds. The van der Waals surface area contributed by atoms with Crippen molar-refractivity contribution in [3.63, 3.8) is 0 Å². The van der Waals surface area contributed by atoms with Crippen LogP contribution in [-0.2, 0) is 0 Å². The van der Waals surface area contributed by atoms with E-state index in [1.165, 1.54) is 11.1 Å². The van der Waals surface area contributed by atoms with Crippen LogP contribution in [0.5, 0.6) is 0 Å². The summed E-state index contributed by atoms with van der Waals surface area (Å²) in [7, 11) is 0. The Morgan fingerprint density at radius 2 is 1.32 bits per heavy atom. The first-order valence-electron chi connectivity index (χ1n) is 11.4. The number of aryl methyl sites for hydroxylation is 2. The Labute approximate surface area is 202 Å². The largest absolute Gasteiger partial charge is 0.373 e. The van der Waals surface area contributed by atoms with Gasteiger partial charge in [-0.1, -0.05) is 95.8 Å². The number of aliphatic imine (C=N–C) groups is 1. The van der Waals surface area contributed by atoms with Gasteiger partial charge in [0.1, 0.15) is 0 Å². The molecule has 0 aliphatic heterocycles. The van der Waals surface area contributed by atoms with Crippen molar-refractivity contribution in [3.8, 4) is 11.8 Å². The summed E-state index contributed by atoms with van der Waals surface area (Å²) in [5.41, 5.74) is 7.54. The van der Waals surface area contributed by atoms with Crippen molar-refractivity contribution >= 4 is 23.2 Å². The lowest BCUT2D eigenvalue weighted by Crippen LogP contribution is -2.23. The zero-order chi connectivity index (χ0) is 23.6. The summed E-state index contributed by atoms with van der Waals surface area (Å²) in [6.45, 7) is 4.17. The summed E-state index contributed by atoms with van der Waals surface area (Å²) in [6, 6.07) is 36.9. The van der Waals surface area contributed by atoms with Crippen LogP contribution >= 0.6 is 0 Å². The van der Waals surface area contributed by atoms with Crippen LogP contribution in [0.3, 0.4) is 0 Å². The second-order valence-corrected chi connectivity index (χ2v) is 8.20. The fraction of sp³-hybridized carbons (Fsp3) is 0.0938. The maximum Gasteiger partial charge on any atom is 0.0882 e. The van der Waals surface area contributed by atoms with E-state index in [4.69, 9.17) is 4.99 Å². The second-order valence-electron chi connectivity index (χ2n) is 8.20. The molecule has 0 saturated heterocycles. The van der Waals surface area contributed by atoms with E-state index < -0.39 is 0 Å². The molecule has 0 radical (unpaired) electrons. The molecule has 166 valence electrons. The Hall–Kier alpha value is -4.35. The van der Waals surface area contributed by atoms with Crippen molar-refractivity contribution < 1.29 is 0 Å². The Morgan fingerprint density at radius 3 is 1.97 bits per heavy atom. The third kappa shape index (κ3) is 6.58. The summed E-state index contributed by atoms with van der Waals surface area (Å²) in [5, 5.41) is 3.65. The van der Waals surface area contributed by atoms with E-state index in [1.807, 2.05) is 73.0 Å². The molecule has 0 aliphatic rings. The van der Waals surface area contributed by atoms with Gasteiger partial charge in [-0.15, -0.1) is 0 Å². The quantitative estimate of drug-likeness (QED) is 0.242. The van der Waals surface area contributed by atoms with E-state index in [2.05, 4.69) is 79.5 Å². The molecular formula is C32H28N2. The highest BCUT2D eigenvalue weighted by Gasteiger charge is 2.14. The molecular weight excluding hydrogens is 412 g/mol. The van der Waals surface area contributed by atoms with Crippen molar-refractivity contribution in [2.24, 2.45) is 4.99 Å². The summed E-state index contributed by atoms with van der Waals surface area (Å²) in [6.07, 6.45) is 3.96. The summed E-state index contributed by atoms with van der Waals surface area (Å²) < 4.78 is 0. The maximum absolute atomic E-state index is 4.80. The van der Waals surface area contributed by atoms with Gasteiger partial charge in [0, 0.05) is 17.5 Å². The first-order valence-corrected chi connectivity index (χ1v) is 11.4. The molecule has 4 rings (SSSR count). The Kier molecular flexibility index (Phi) is 7.72. The minimum absolute atomic E-state index is 0.170. The summed E-state index contributed by atoms with van der Waals surface area (Å²) in [5.74, 6) is 6.52. The number of hydrogen-bond acceptors (Lipinski definition) is 2. The van der Waals surface area contributed by atoms with Gasteiger partial charge in [0.15, 0.2) is 0 Å². The number of hydrogen-bond donors (Lipinski definition) is 1. The van der Waals surface area contributed by atoms with Crippen molar-refractivity contribution in [1.29, 1.82) is 0 Å². The fourth-order valence-corrected chi connectivity index (χ4v) is 3.52. The molecule has 2 nitrogen and oxygen atoms in total. The maximum atomic E-state index is 4.80. The normalized spacial score (nSPS) is 12.1. The van der Waals surface area contributed by atoms with E-state index in [0.717, 1.165) is 28.1 Å². The minimum Gasteiger partial charge on any atom is -0.373 e. The standard InChI is InChI=1S/C32H28N2/c1-25-16-20-29(21-17-25)33-24-32(34-30-22-18-26(2)19-23-30)31(28-13-7-4-8-14-28)15-9-12-27-10-5-3-6-11-27/h3-8,10-11,13-24,32,34H,1-2H3/b31-15+,33-24?. The van der Waals surface area contributed by atoms with Gasteiger partial charge in [0.25, 0.3) is 0 Å².